The van der Waals surface area contributed by atoms with Gasteiger partial charge in [-0.05, 0) is 0 Å². The lowest BCUT2D eigenvalue weighted by atomic mass is 11.8. The van der Waals surface area contributed by atoms with Crippen molar-refractivity contribution in [2.75, 3.05) is 0 Å². The summed E-state index contributed by atoms with van der Waals surface area (Å²) in [5.41, 5.74) is 0. The van der Waals surface area contributed by atoms with Gasteiger partial charge in [-0.3, -0.25) is 8.68 Å². The highest BCUT2D eigenvalue weighted by Gasteiger charge is 2.45. The summed E-state index contributed by atoms with van der Waals surface area (Å²) in [5.74, 6) is 0. The molecule has 0 aromatic rings. The zero-order valence-electron chi connectivity index (χ0n) is 23.7. The van der Waals surface area contributed by atoms with Crippen LogP contribution in [0.4, 0.5) is 0 Å². The van der Waals surface area contributed by atoms with Crippen molar-refractivity contribution in [3.8, 4) is 0 Å². The van der Waals surface area contributed by atoms with E-state index in [4.69, 9.17) is 0 Å². The van der Waals surface area contributed by atoms with E-state index >= 15 is 0 Å². The minimum Gasteiger partial charge on any atom is -0.283 e. The molecule has 0 bridgehead atoms. The summed E-state index contributed by atoms with van der Waals surface area (Å²) >= 11 is 0. The molecule has 30 heavy (non-hydrogen) atoms. The number of hydrogen-bond acceptors (Lipinski definition) is 2. The average Bonchev–Trinajstić information content (AvgIpc) is 2.32. The molecule has 0 N–H and O–H groups in total. The molecule has 0 amide bonds. The summed E-state index contributed by atoms with van der Waals surface area (Å²) in [7, 11) is -5.98. The van der Waals surface area contributed by atoms with Gasteiger partial charge in [-0.25, -0.2) is 8.89 Å². The fourth-order valence-electron chi connectivity index (χ4n) is 4.17. The van der Waals surface area contributed by atoms with Gasteiger partial charge in [-0.2, -0.15) is 0 Å². The molecule has 0 aromatic heterocycles. The molecule has 0 radical (unpaired) electrons. The van der Waals surface area contributed by atoms with Crippen LogP contribution in [-0.4, -0.2) is 67.0 Å². The second-order valence-electron chi connectivity index (χ2n) is 14.4. The highest BCUT2D eigenvalue weighted by Crippen LogP contribution is 2.41. The van der Waals surface area contributed by atoms with E-state index in [9.17, 15) is 0 Å². The monoisotopic (exact) mass is 556 g/mol. The lowest BCUT2D eigenvalue weighted by molar-refractivity contribution is 0.385. The van der Waals surface area contributed by atoms with E-state index in [0.717, 1.165) is 0 Å². The maximum absolute atomic E-state index is 2.95. The summed E-state index contributed by atoms with van der Waals surface area (Å²) < 4.78 is 11.7. The van der Waals surface area contributed by atoms with Crippen molar-refractivity contribution < 1.29 is 0 Å². The molecule has 0 saturated carbocycles. The first-order valence-corrected chi connectivity index (χ1v) is 34.4. The second-order valence-corrected chi connectivity index (χ2v) is 46.8. The molecule has 0 saturated heterocycles. The van der Waals surface area contributed by atoms with E-state index in [1.807, 2.05) is 0 Å². The molecular formula is C18H54N4P2Si6. The standard InChI is InChI=1S/C18H54N4P2Si6/c1-25(2,3)19(21(27(7,8)9)28(10,11)12)23-24-20(26(4,5)6)22(29(13,14)15)30(16,17)18/h1-18H3. The fraction of sp³-hybridized carbons (Fsp3) is 1.00. The summed E-state index contributed by atoms with van der Waals surface area (Å²) in [6, 6.07) is 0. The Labute approximate surface area is 200 Å². The Morgan fingerprint density at radius 3 is 0.567 bits per heavy atom. The van der Waals surface area contributed by atoms with Gasteiger partial charge >= 0.3 is 0 Å². The molecule has 0 aliphatic carbocycles. The lowest BCUT2D eigenvalue weighted by Crippen LogP contribution is -2.69. The Balaban J connectivity index is 6.68. The third-order valence-electron chi connectivity index (χ3n) is 4.33. The van der Waals surface area contributed by atoms with Crippen LogP contribution in [-0.2, 0) is 0 Å². The molecule has 0 fully saturated rings. The van der Waals surface area contributed by atoms with Crippen molar-refractivity contribution in [2.24, 2.45) is 0 Å². The Morgan fingerprint density at radius 2 is 0.467 bits per heavy atom. The number of hydrazine groups is 2. The molecule has 0 aromatic carbocycles. The minimum atomic E-state index is -1.52. The van der Waals surface area contributed by atoms with Gasteiger partial charge in [-0.15, -0.1) is 0 Å². The minimum absolute atomic E-state index is 1.47. The van der Waals surface area contributed by atoms with Gasteiger partial charge in [-0.1, -0.05) is 118 Å². The Morgan fingerprint density at radius 1 is 0.300 bits per heavy atom. The van der Waals surface area contributed by atoms with E-state index in [1.165, 1.54) is 16.0 Å². The maximum atomic E-state index is 2.95. The second kappa shape index (κ2) is 10.2. The average molecular weight is 557 g/mol. The first-order chi connectivity index (χ1) is 12.7. The topological polar surface area (TPSA) is 13.0 Å². The Kier molecular flexibility index (Phi) is 10.7. The molecule has 0 unspecified atom stereocenters. The van der Waals surface area contributed by atoms with Crippen LogP contribution in [0.25, 0.3) is 0 Å². The van der Waals surface area contributed by atoms with Crippen LogP contribution in [0.1, 0.15) is 0 Å². The van der Waals surface area contributed by atoms with Gasteiger partial charge in [0.2, 0.25) is 0 Å². The summed E-state index contributed by atoms with van der Waals surface area (Å²) in [6.45, 7) is 45.7. The molecule has 180 valence electrons. The number of rotatable bonds is 10. The Bertz CT molecular complexity index is 513. The van der Waals surface area contributed by atoms with Crippen LogP contribution in [0.2, 0.25) is 118 Å². The quantitative estimate of drug-likeness (QED) is 0.152. The van der Waals surface area contributed by atoms with Crippen LogP contribution in [0.3, 0.4) is 0 Å². The molecule has 0 atom stereocenters. The SMILES string of the molecule is C[Si](C)(C)N(P=PN(N([Si](C)(C)C)[Si](C)(C)C)[Si](C)(C)C)N([Si](C)(C)C)[Si](C)(C)C. The first kappa shape index (κ1) is 31.7. The van der Waals surface area contributed by atoms with Crippen molar-refractivity contribution in [2.45, 2.75) is 118 Å². The smallest absolute Gasteiger partial charge is 0.147 e. The van der Waals surface area contributed by atoms with Gasteiger partial charge in [0.15, 0.2) is 0 Å². The van der Waals surface area contributed by atoms with E-state index in [1.54, 1.807) is 0 Å². The zero-order valence-corrected chi connectivity index (χ0v) is 31.5. The van der Waals surface area contributed by atoms with Gasteiger partial charge in [0.25, 0.3) is 0 Å². The summed E-state index contributed by atoms with van der Waals surface area (Å²) in [4.78, 5) is 0. The highest BCUT2D eigenvalue weighted by atomic mass is 31.7. The molecule has 0 aliphatic heterocycles. The molecule has 4 nitrogen and oxygen atoms in total. The van der Waals surface area contributed by atoms with Crippen molar-refractivity contribution in [3.63, 3.8) is 0 Å². The van der Waals surface area contributed by atoms with E-state index < -0.39 is 49.4 Å². The number of hydrogen-bond donors (Lipinski definition) is 0. The van der Waals surface area contributed by atoms with Crippen molar-refractivity contribution in [1.82, 2.24) is 17.6 Å². The molecule has 0 heterocycles. The van der Waals surface area contributed by atoms with Crippen molar-refractivity contribution in [1.29, 1.82) is 0 Å². The number of nitrogens with zero attached hydrogens (tertiary/aromatic N) is 4. The maximum Gasteiger partial charge on any atom is 0.147 e. The van der Waals surface area contributed by atoms with Crippen molar-refractivity contribution >= 4 is 65.4 Å². The van der Waals surface area contributed by atoms with Gasteiger partial charge in [0, 0.05) is 16.0 Å². The first-order valence-electron chi connectivity index (χ1n) is 11.3. The van der Waals surface area contributed by atoms with Crippen LogP contribution in [0.15, 0.2) is 0 Å². The van der Waals surface area contributed by atoms with Crippen LogP contribution < -0.4 is 0 Å². The predicted octanol–water partition coefficient (Wildman–Crippen LogP) is 8.67. The summed E-state index contributed by atoms with van der Waals surface area (Å²) in [6.07, 6.45) is 0. The van der Waals surface area contributed by atoms with Crippen molar-refractivity contribution in [3.05, 3.63) is 0 Å². The van der Waals surface area contributed by atoms with Crippen LogP contribution in [0, 0.1) is 0 Å². The van der Waals surface area contributed by atoms with Crippen LogP contribution in [0.5, 0.6) is 0 Å². The van der Waals surface area contributed by atoms with E-state index in [0.29, 0.717) is 0 Å². The predicted molar refractivity (Wildman–Crippen MR) is 161 cm³/mol. The zero-order chi connectivity index (χ0) is 24.7. The van der Waals surface area contributed by atoms with Crippen LogP contribution >= 0.6 is 16.0 Å². The molecule has 0 rings (SSSR count). The molecular weight excluding hydrogens is 503 g/mol. The Hall–Kier alpha value is 1.74. The fourth-order valence-corrected chi connectivity index (χ4v) is 44.5. The molecule has 0 spiro atoms. The highest BCUT2D eigenvalue weighted by molar-refractivity contribution is 7.83. The third kappa shape index (κ3) is 9.54. The normalized spacial score (nSPS) is 16.1. The largest absolute Gasteiger partial charge is 0.283 e. The molecule has 12 heteroatoms. The van der Waals surface area contributed by atoms with Gasteiger partial charge < -0.3 is 0 Å². The van der Waals surface area contributed by atoms with Gasteiger partial charge in [0.1, 0.15) is 49.4 Å². The van der Waals surface area contributed by atoms with E-state index in [2.05, 4.69) is 135 Å². The van der Waals surface area contributed by atoms with E-state index in [-0.39, 0.29) is 0 Å². The molecule has 0 aliphatic rings. The van der Waals surface area contributed by atoms with Gasteiger partial charge in [0.05, 0.1) is 0 Å². The lowest BCUT2D eigenvalue weighted by Gasteiger charge is -2.54. The summed E-state index contributed by atoms with van der Waals surface area (Å²) in [5, 5.41) is 0. The third-order valence-corrected chi connectivity index (χ3v) is 29.8.